The van der Waals surface area contributed by atoms with E-state index in [0.717, 1.165) is 22.4 Å². The lowest BCUT2D eigenvalue weighted by atomic mass is 10.2. The Morgan fingerprint density at radius 1 is 1.05 bits per heavy atom. The minimum atomic E-state index is 0.284. The van der Waals surface area contributed by atoms with Gasteiger partial charge in [-0.15, -0.1) is 0 Å². The summed E-state index contributed by atoms with van der Waals surface area (Å²) in [7, 11) is 1.98. The van der Waals surface area contributed by atoms with Crippen molar-refractivity contribution in [3.05, 3.63) is 54.4 Å². The maximum absolute atomic E-state index is 5.79. The summed E-state index contributed by atoms with van der Waals surface area (Å²) in [4.78, 5) is 15.0. The fraction of sp³-hybridized carbons (Fsp3) is 0.133. The third kappa shape index (κ3) is 2.38. The van der Waals surface area contributed by atoms with Crippen LogP contribution in [0, 0.1) is 0 Å². The van der Waals surface area contributed by atoms with Crippen LogP contribution in [0.1, 0.15) is 5.69 Å². The zero-order valence-corrected chi connectivity index (χ0v) is 11.2. The predicted octanol–water partition coefficient (Wildman–Crippen LogP) is 2.24. The van der Waals surface area contributed by atoms with Gasteiger partial charge in [0, 0.05) is 18.6 Å². The summed E-state index contributed by atoms with van der Waals surface area (Å²) in [5.41, 5.74) is 7.62. The predicted molar refractivity (Wildman–Crippen MR) is 80.3 cm³/mol. The number of hydrogen-bond donors (Lipinski definition) is 1. The van der Waals surface area contributed by atoms with Gasteiger partial charge in [-0.1, -0.05) is 18.2 Å². The largest absolute Gasteiger partial charge is 0.368 e. The smallest absolute Gasteiger partial charge is 0.222 e. The van der Waals surface area contributed by atoms with Gasteiger partial charge < -0.3 is 10.6 Å². The number of nitrogen functional groups attached to an aromatic ring is 1. The van der Waals surface area contributed by atoms with Crippen LogP contribution in [-0.4, -0.2) is 22.0 Å². The van der Waals surface area contributed by atoms with E-state index in [1.165, 1.54) is 0 Å². The third-order valence-corrected chi connectivity index (χ3v) is 3.09. The minimum absolute atomic E-state index is 0.284. The lowest BCUT2D eigenvalue weighted by Gasteiger charge is -2.19. The van der Waals surface area contributed by atoms with Crippen LogP contribution in [0.15, 0.2) is 48.7 Å². The highest BCUT2D eigenvalue weighted by Crippen LogP contribution is 2.24. The number of nitrogens with two attached hydrogens (primary N) is 1. The average molecular weight is 265 g/mol. The van der Waals surface area contributed by atoms with Gasteiger partial charge in [-0.05, 0) is 24.3 Å². The van der Waals surface area contributed by atoms with Crippen LogP contribution in [0.4, 0.5) is 11.8 Å². The minimum Gasteiger partial charge on any atom is -0.368 e. The molecule has 0 aliphatic carbocycles. The zero-order valence-electron chi connectivity index (χ0n) is 11.2. The first-order chi connectivity index (χ1) is 9.74. The van der Waals surface area contributed by atoms with E-state index in [1.54, 1.807) is 6.20 Å². The normalized spacial score (nSPS) is 10.7. The number of fused-ring (bicyclic) bond motifs is 1. The van der Waals surface area contributed by atoms with E-state index in [-0.39, 0.29) is 5.95 Å². The molecule has 0 fully saturated rings. The summed E-state index contributed by atoms with van der Waals surface area (Å²) in [6.45, 7) is 0.668. The van der Waals surface area contributed by atoms with Crippen LogP contribution in [0.2, 0.25) is 0 Å². The highest BCUT2D eigenvalue weighted by Gasteiger charge is 2.11. The van der Waals surface area contributed by atoms with Gasteiger partial charge >= 0.3 is 0 Å². The van der Waals surface area contributed by atoms with E-state index in [1.807, 2.05) is 54.4 Å². The fourth-order valence-corrected chi connectivity index (χ4v) is 2.18. The molecule has 0 atom stereocenters. The van der Waals surface area contributed by atoms with Crippen molar-refractivity contribution in [2.45, 2.75) is 6.54 Å². The lowest BCUT2D eigenvalue weighted by molar-refractivity contribution is 0.870. The molecular weight excluding hydrogens is 250 g/mol. The number of benzene rings is 1. The number of rotatable bonds is 3. The number of para-hydroxylation sites is 1. The van der Waals surface area contributed by atoms with E-state index in [2.05, 4.69) is 15.0 Å². The molecule has 0 radical (unpaired) electrons. The number of pyridine rings is 1. The maximum Gasteiger partial charge on any atom is 0.222 e. The van der Waals surface area contributed by atoms with Gasteiger partial charge in [-0.3, -0.25) is 4.98 Å². The molecule has 2 aromatic heterocycles. The number of hydrogen-bond acceptors (Lipinski definition) is 5. The standard InChI is InChI=1S/C15H15N5/c1-20(10-11-6-4-5-9-17-11)14-12-7-2-3-8-13(12)18-15(16)19-14/h2-9H,10H2,1H3,(H2,16,18,19). The van der Waals surface area contributed by atoms with E-state index in [9.17, 15) is 0 Å². The topological polar surface area (TPSA) is 67.9 Å². The summed E-state index contributed by atoms with van der Waals surface area (Å²) < 4.78 is 0. The molecule has 5 heteroatoms. The van der Waals surface area contributed by atoms with Crippen LogP contribution in [0.25, 0.3) is 10.9 Å². The molecule has 0 spiro atoms. The Balaban J connectivity index is 2.01. The zero-order chi connectivity index (χ0) is 13.9. The molecule has 0 aliphatic rings. The Hall–Kier alpha value is -2.69. The van der Waals surface area contributed by atoms with Crippen LogP contribution in [0.5, 0.6) is 0 Å². The summed E-state index contributed by atoms with van der Waals surface area (Å²) in [5.74, 6) is 1.10. The Labute approximate surface area is 117 Å². The van der Waals surface area contributed by atoms with Crippen molar-refractivity contribution < 1.29 is 0 Å². The van der Waals surface area contributed by atoms with Gasteiger partial charge in [-0.25, -0.2) is 4.98 Å². The molecule has 1 aromatic carbocycles. The van der Waals surface area contributed by atoms with Gasteiger partial charge in [0.25, 0.3) is 0 Å². The second-order valence-electron chi connectivity index (χ2n) is 4.60. The molecule has 0 saturated heterocycles. The molecule has 0 bridgehead atoms. The quantitative estimate of drug-likeness (QED) is 0.786. The van der Waals surface area contributed by atoms with Gasteiger partial charge in [0.2, 0.25) is 5.95 Å². The molecule has 3 rings (SSSR count). The first-order valence-electron chi connectivity index (χ1n) is 6.37. The first kappa shape index (κ1) is 12.3. The van der Waals surface area contributed by atoms with Crippen molar-refractivity contribution in [3.63, 3.8) is 0 Å². The van der Waals surface area contributed by atoms with Gasteiger partial charge in [0.15, 0.2) is 0 Å². The molecule has 0 aliphatic heterocycles. The van der Waals surface area contributed by atoms with Crippen molar-refractivity contribution in [3.8, 4) is 0 Å². The van der Waals surface area contributed by atoms with Crippen LogP contribution in [-0.2, 0) is 6.54 Å². The summed E-state index contributed by atoms with van der Waals surface area (Å²) in [5, 5.41) is 0.986. The molecule has 0 unspecified atom stereocenters. The SMILES string of the molecule is CN(Cc1ccccn1)c1nc(N)nc2ccccc12. The van der Waals surface area contributed by atoms with Crippen molar-refractivity contribution in [1.29, 1.82) is 0 Å². The van der Waals surface area contributed by atoms with Gasteiger partial charge in [0.05, 0.1) is 17.8 Å². The molecular formula is C15H15N5. The van der Waals surface area contributed by atoms with Gasteiger partial charge in [-0.2, -0.15) is 4.98 Å². The second-order valence-corrected chi connectivity index (χ2v) is 4.60. The molecule has 3 aromatic rings. The summed E-state index contributed by atoms with van der Waals surface area (Å²) in [6.07, 6.45) is 1.79. The van der Waals surface area contributed by atoms with Crippen LogP contribution in [0.3, 0.4) is 0 Å². The van der Waals surface area contributed by atoms with Crippen molar-refractivity contribution in [2.75, 3.05) is 17.7 Å². The highest BCUT2D eigenvalue weighted by molar-refractivity contribution is 5.90. The van der Waals surface area contributed by atoms with Crippen LogP contribution < -0.4 is 10.6 Å². The van der Waals surface area contributed by atoms with E-state index in [4.69, 9.17) is 5.73 Å². The number of anilines is 2. The molecule has 20 heavy (non-hydrogen) atoms. The highest BCUT2D eigenvalue weighted by atomic mass is 15.2. The van der Waals surface area contributed by atoms with Crippen LogP contribution >= 0.6 is 0 Å². The molecule has 0 saturated carbocycles. The first-order valence-corrected chi connectivity index (χ1v) is 6.37. The second kappa shape index (κ2) is 5.13. The maximum atomic E-state index is 5.79. The van der Waals surface area contributed by atoms with Gasteiger partial charge in [0.1, 0.15) is 5.82 Å². The average Bonchev–Trinajstić information content (AvgIpc) is 2.47. The van der Waals surface area contributed by atoms with Crippen molar-refractivity contribution in [2.24, 2.45) is 0 Å². The molecule has 2 N–H and O–H groups in total. The van der Waals surface area contributed by atoms with E-state index >= 15 is 0 Å². The Morgan fingerprint density at radius 3 is 2.65 bits per heavy atom. The number of nitrogens with zero attached hydrogens (tertiary/aromatic N) is 4. The molecule has 5 nitrogen and oxygen atoms in total. The summed E-state index contributed by atoms with van der Waals surface area (Å²) in [6, 6.07) is 13.7. The third-order valence-electron chi connectivity index (χ3n) is 3.09. The Kier molecular flexibility index (Phi) is 3.16. The Bertz CT molecular complexity index is 727. The van der Waals surface area contributed by atoms with E-state index in [0.29, 0.717) is 6.54 Å². The fourth-order valence-electron chi connectivity index (χ4n) is 2.18. The monoisotopic (exact) mass is 265 g/mol. The lowest BCUT2D eigenvalue weighted by Crippen LogP contribution is -2.19. The Morgan fingerprint density at radius 2 is 1.85 bits per heavy atom. The number of aromatic nitrogens is 3. The van der Waals surface area contributed by atoms with Crippen molar-refractivity contribution >= 4 is 22.7 Å². The molecule has 100 valence electrons. The van der Waals surface area contributed by atoms with E-state index < -0.39 is 0 Å². The summed E-state index contributed by atoms with van der Waals surface area (Å²) >= 11 is 0. The molecule has 2 heterocycles. The molecule has 0 amide bonds. The van der Waals surface area contributed by atoms with Crippen molar-refractivity contribution in [1.82, 2.24) is 15.0 Å².